The van der Waals surface area contributed by atoms with Gasteiger partial charge < -0.3 is 10.0 Å². The van der Waals surface area contributed by atoms with Crippen LogP contribution in [-0.4, -0.2) is 45.4 Å². The van der Waals surface area contributed by atoms with Crippen molar-refractivity contribution in [2.24, 2.45) is 0 Å². The lowest BCUT2D eigenvalue weighted by atomic mass is 9.93. The number of aliphatic hydroxyl groups excluding tert-OH is 1. The van der Waals surface area contributed by atoms with Gasteiger partial charge in [-0.2, -0.15) is 0 Å². The summed E-state index contributed by atoms with van der Waals surface area (Å²) in [5.74, 6) is -0.166. The fraction of sp³-hybridized carbons (Fsp3) is 0.240. The van der Waals surface area contributed by atoms with Crippen LogP contribution in [-0.2, 0) is 0 Å². The summed E-state index contributed by atoms with van der Waals surface area (Å²) in [5, 5.41) is 23.8. The molecule has 3 aromatic carbocycles. The summed E-state index contributed by atoms with van der Waals surface area (Å²) in [4.78, 5) is 27.5. The van der Waals surface area contributed by atoms with E-state index in [0.717, 1.165) is 28.3 Å². The predicted molar refractivity (Wildman–Crippen MR) is 121 cm³/mol. The quantitative estimate of drug-likeness (QED) is 0.373. The molecule has 0 radical (unpaired) electrons. The van der Waals surface area contributed by atoms with Gasteiger partial charge in [0.15, 0.2) is 6.23 Å². The van der Waals surface area contributed by atoms with Gasteiger partial charge in [0.05, 0.1) is 4.92 Å². The van der Waals surface area contributed by atoms with Crippen molar-refractivity contribution in [2.45, 2.75) is 18.7 Å². The lowest BCUT2D eigenvalue weighted by Gasteiger charge is -2.38. The van der Waals surface area contributed by atoms with Crippen molar-refractivity contribution < 1.29 is 14.8 Å². The Morgan fingerprint density at radius 1 is 1.00 bits per heavy atom. The summed E-state index contributed by atoms with van der Waals surface area (Å²) in [7, 11) is 0. The number of benzene rings is 3. The number of amides is 1. The molecule has 7 nitrogen and oxygen atoms in total. The van der Waals surface area contributed by atoms with Crippen molar-refractivity contribution >= 4 is 22.4 Å². The molecular weight excluding hydrogens is 406 g/mol. The minimum atomic E-state index is -0.987. The molecule has 2 aliphatic heterocycles. The van der Waals surface area contributed by atoms with Crippen LogP contribution in [0.15, 0.2) is 72.8 Å². The molecule has 1 N–H and O–H groups in total. The van der Waals surface area contributed by atoms with E-state index in [9.17, 15) is 20.0 Å². The highest BCUT2D eigenvalue weighted by Gasteiger charge is 2.33. The number of nitro benzene ring substituents is 1. The average Bonchev–Trinajstić information content (AvgIpc) is 2.82. The molecule has 5 rings (SSSR count). The molecule has 32 heavy (non-hydrogen) atoms. The summed E-state index contributed by atoms with van der Waals surface area (Å²) in [5.41, 5.74) is 2.44. The third kappa shape index (κ3) is 3.45. The molecular formula is C25H23N3O4. The van der Waals surface area contributed by atoms with E-state index >= 15 is 0 Å². The van der Waals surface area contributed by atoms with Crippen molar-refractivity contribution in [2.75, 3.05) is 19.6 Å². The lowest BCUT2D eigenvalue weighted by Crippen LogP contribution is -2.44. The molecule has 0 aromatic heterocycles. The highest BCUT2D eigenvalue weighted by Crippen LogP contribution is 2.36. The summed E-state index contributed by atoms with van der Waals surface area (Å²) >= 11 is 0. The first kappa shape index (κ1) is 20.4. The van der Waals surface area contributed by atoms with Crippen molar-refractivity contribution in [3.05, 3.63) is 99.6 Å². The molecule has 0 aliphatic carbocycles. The number of non-ortho nitro benzene ring substituents is 1. The molecule has 1 amide bonds. The van der Waals surface area contributed by atoms with Crippen LogP contribution >= 0.6 is 0 Å². The highest BCUT2D eigenvalue weighted by atomic mass is 16.6. The van der Waals surface area contributed by atoms with Crippen molar-refractivity contribution in [3.63, 3.8) is 0 Å². The van der Waals surface area contributed by atoms with Gasteiger partial charge in [0.2, 0.25) is 0 Å². The Hall–Kier alpha value is -3.55. The number of hydrogen-bond donors (Lipinski definition) is 1. The van der Waals surface area contributed by atoms with E-state index in [0.29, 0.717) is 25.2 Å². The molecule has 162 valence electrons. The number of carbonyl (C=O) groups is 1. The second-order valence-electron chi connectivity index (χ2n) is 8.19. The molecule has 0 saturated heterocycles. The molecule has 2 atom stereocenters. The third-order valence-corrected chi connectivity index (χ3v) is 6.43. The van der Waals surface area contributed by atoms with Crippen molar-refractivity contribution in [1.29, 1.82) is 0 Å². The fourth-order valence-corrected chi connectivity index (χ4v) is 4.78. The van der Waals surface area contributed by atoms with Crippen molar-refractivity contribution in [3.8, 4) is 0 Å². The van der Waals surface area contributed by atoms with E-state index in [1.54, 1.807) is 12.1 Å². The van der Waals surface area contributed by atoms with Gasteiger partial charge in [-0.15, -0.1) is 0 Å². The molecule has 2 unspecified atom stereocenters. The topological polar surface area (TPSA) is 86.9 Å². The Morgan fingerprint density at radius 3 is 2.50 bits per heavy atom. The number of rotatable bonds is 5. The van der Waals surface area contributed by atoms with Crippen LogP contribution in [0.3, 0.4) is 0 Å². The zero-order valence-electron chi connectivity index (χ0n) is 17.4. The van der Waals surface area contributed by atoms with Gasteiger partial charge in [0.25, 0.3) is 11.6 Å². The molecule has 0 spiro atoms. The van der Waals surface area contributed by atoms with E-state index in [2.05, 4.69) is 17.1 Å². The maximum absolute atomic E-state index is 13.2. The Balaban J connectivity index is 1.37. The van der Waals surface area contributed by atoms with Gasteiger partial charge in [-0.25, -0.2) is 0 Å². The standard InChI is InChI=1S/C25H23N3O4/c29-24-20-7-3-5-18-6-4-8-21(23(18)20)25(30)27(24)16-15-26-14-2-1-9-22(26)17-10-12-19(13-11-17)28(31)32/h1-8,10-13,22,24,29H,9,14-16H2. The molecule has 0 fully saturated rings. The average molecular weight is 429 g/mol. The first-order valence-corrected chi connectivity index (χ1v) is 10.7. The number of nitro groups is 1. The molecule has 2 heterocycles. The maximum Gasteiger partial charge on any atom is 0.269 e. The van der Waals surface area contributed by atoms with Gasteiger partial charge in [0.1, 0.15) is 0 Å². The molecule has 3 aromatic rings. The molecule has 7 heteroatoms. The number of carbonyl (C=O) groups excluding carboxylic acids is 1. The molecule has 0 saturated carbocycles. The SMILES string of the molecule is O=C1c2cccc3cccc(c23)C(O)N1CCN1CC=CCC1c1ccc([N+](=O)[O-])cc1. The summed E-state index contributed by atoms with van der Waals surface area (Å²) in [6, 6.07) is 18.1. The van der Waals surface area contributed by atoms with Crippen LogP contribution in [0.2, 0.25) is 0 Å². The number of nitrogens with zero attached hydrogens (tertiary/aromatic N) is 3. The van der Waals surface area contributed by atoms with Crippen LogP contribution < -0.4 is 0 Å². The van der Waals surface area contributed by atoms with Gasteiger partial charge in [-0.1, -0.05) is 54.6 Å². The van der Waals surface area contributed by atoms with Gasteiger partial charge in [0, 0.05) is 54.3 Å². The minimum absolute atomic E-state index is 0.0635. The Morgan fingerprint density at radius 2 is 1.75 bits per heavy atom. The van der Waals surface area contributed by atoms with Crippen LogP contribution in [0.4, 0.5) is 5.69 Å². The van der Waals surface area contributed by atoms with Crippen LogP contribution in [0.1, 0.15) is 40.2 Å². The maximum atomic E-state index is 13.2. The van der Waals surface area contributed by atoms with E-state index in [1.807, 2.05) is 36.4 Å². The number of aliphatic hydroxyl groups is 1. The Bertz CT molecular complexity index is 1220. The largest absolute Gasteiger partial charge is 0.369 e. The minimum Gasteiger partial charge on any atom is -0.369 e. The highest BCUT2D eigenvalue weighted by molar-refractivity contribution is 6.10. The van der Waals surface area contributed by atoms with Gasteiger partial charge in [-0.05, 0) is 23.4 Å². The Kier molecular flexibility index (Phi) is 5.20. The smallest absolute Gasteiger partial charge is 0.269 e. The van der Waals surface area contributed by atoms with E-state index in [-0.39, 0.29) is 17.6 Å². The Labute approximate surface area is 185 Å². The van der Waals surface area contributed by atoms with E-state index < -0.39 is 11.2 Å². The summed E-state index contributed by atoms with van der Waals surface area (Å²) in [6.07, 6.45) is 4.00. The second-order valence-corrected chi connectivity index (χ2v) is 8.19. The summed E-state index contributed by atoms with van der Waals surface area (Å²) < 4.78 is 0. The van der Waals surface area contributed by atoms with E-state index in [1.165, 1.54) is 17.0 Å². The number of hydrogen-bond acceptors (Lipinski definition) is 5. The van der Waals surface area contributed by atoms with Crippen LogP contribution in [0.5, 0.6) is 0 Å². The lowest BCUT2D eigenvalue weighted by molar-refractivity contribution is -0.384. The zero-order chi connectivity index (χ0) is 22.2. The van der Waals surface area contributed by atoms with Crippen LogP contribution in [0, 0.1) is 10.1 Å². The first-order chi connectivity index (χ1) is 15.5. The normalized spacial score (nSPS) is 20.7. The van der Waals surface area contributed by atoms with Gasteiger partial charge in [-0.3, -0.25) is 19.8 Å². The first-order valence-electron chi connectivity index (χ1n) is 10.7. The predicted octanol–water partition coefficient (Wildman–Crippen LogP) is 4.20. The summed E-state index contributed by atoms with van der Waals surface area (Å²) in [6.45, 7) is 1.67. The van der Waals surface area contributed by atoms with E-state index in [4.69, 9.17) is 0 Å². The monoisotopic (exact) mass is 429 g/mol. The second kappa shape index (κ2) is 8.18. The third-order valence-electron chi connectivity index (χ3n) is 6.43. The fourth-order valence-electron chi connectivity index (χ4n) is 4.78. The van der Waals surface area contributed by atoms with Crippen LogP contribution in [0.25, 0.3) is 10.8 Å². The molecule has 0 bridgehead atoms. The molecule has 2 aliphatic rings. The van der Waals surface area contributed by atoms with Crippen molar-refractivity contribution in [1.82, 2.24) is 9.80 Å². The van der Waals surface area contributed by atoms with Gasteiger partial charge >= 0.3 is 0 Å². The zero-order valence-corrected chi connectivity index (χ0v) is 17.4.